The number of nitrogens with one attached hydrogen (secondary N) is 1. The summed E-state index contributed by atoms with van der Waals surface area (Å²) in [5, 5.41) is 12.1. The number of carbonyl (C=O) groups is 3. The zero-order valence-electron chi connectivity index (χ0n) is 20.0. The van der Waals surface area contributed by atoms with E-state index in [2.05, 4.69) is 36.5 Å². The lowest BCUT2D eigenvalue weighted by Gasteiger charge is -2.24. The summed E-state index contributed by atoms with van der Waals surface area (Å²) in [5.41, 5.74) is 4.67. The Labute approximate surface area is 205 Å². The van der Waals surface area contributed by atoms with Crippen LogP contribution < -0.4 is 5.32 Å². The second-order valence-electron chi connectivity index (χ2n) is 10.0. The topological polar surface area (TPSA) is 95.9 Å². The molecule has 0 bridgehead atoms. The number of carboxylic acid groups (broad SMARTS) is 1. The molecule has 3 unspecified atom stereocenters. The number of benzene rings is 2. The summed E-state index contributed by atoms with van der Waals surface area (Å²) in [5.74, 6) is -0.927. The molecular formula is C28H32N2O5. The number of hydrogen-bond acceptors (Lipinski definition) is 4. The third kappa shape index (κ3) is 4.64. The Morgan fingerprint density at radius 2 is 1.63 bits per heavy atom. The molecule has 2 aromatic carbocycles. The van der Waals surface area contributed by atoms with Crippen molar-refractivity contribution in [1.29, 1.82) is 0 Å². The molecule has 2 amide bonds. The van der Waals surface area contributed by atoms with E-state index in [0.717, 1.165) is 24.0 Å². The highest BCUT2D eigenvalue weighted by Crippen LogP contribution is 2.51. The van der Waals surface area contributed by atoms with Gasteiger partial charge in [0.05, 0.1) is 5.92 Å². The van der Waals surface area contributed by atoms with Gasteiger partial charge in [0.2, 0.25) is 5.91 Å². The summed E-state index contributed by atoms with van der Waals surface area (Å²) in [6.45, 7) is 3.32. The molecule has 1 aliphatic heterocycles. The standard InChI is InChI=1S/C28H32N2O5/c1-2-3-8-17(13-25(31)30-14-22-23(15-30)26(22)27(32)33)29-28(34)35-16-24-20-11-6-4-9-18(20)19-10-5-7-12-21(19)24/h4-7,9-12,17,22-24,26H,2-3,8,13-16H2,1H3,(H,29,34)(H,32,33). The van der Waals surface area contributed by atoms with E-state index < -0.39 is 12.1 Å². The second kappa shape index (κ2) is 9.72. The second-order valence-corrected chi connectivity index (χ2v) is 10.0. The number of aliphatic carboxylic acids is 1. The van der Waals surface area contributed by atoms with Crippen LogP contribution in [-0.2, 0) is 14.3 Å². The SMILES string of the molecule is CCCCC(CC(=O)N1CC2C(C1)C2C(=O)O)NC(=O)OCC1c2ccccc2-c2ccccc21. The van der Waals surface area contributed by atoms with Crippen molar-refractivity contribution in [1.82, 2.24) is 10.2 Å². The van der Waals surface area contributed by atoms with Gasteiger partial charge in [0.15, 0.2) is 0 Å². The average molecular weight is 477 g/mol. The molecule has 7 nitrogen and oxygen atoms in total. The fraction of sp³-hybridized carbons (Fsp3) is 0.464. The molecular weight excluding hydrogens is 444 g/mol. The quantitative estimate of drug-likeness (QED) is 0.564. The Morgan fingerprint density at radius 1 is 1.03 bits per heavy atom. The first-order valence-corrected chi connectivity index (χ1v) is 12.6. The number of likely N-dealkylation sites (tertiary alicyclic amines) is 1. The molecule has 2 fully saturated rings. The summed E-state index contributed by atoms with van der Waals surface area (Å²) in [4.78, 5) is 38.6. The lowest BCUT2D eigenvalue weighted by Crippen LogP contribution is -2.41. The largest absolute Gasteiger partial charge is 0.481 e. The van der Waals surface area contributed by atoms with Gasteiger partial charge in [-0.05, 0) is 40.5 Å². The van der Waals surface area contributed by atoms with Gasteiger partial charge < -0.3 is 20.1 Å². The van der Waals surface area contributed by atoms with Crippen molar-refractivity contribution in [3.8, 4) is 11.1 Å². The number of nitrogens with zero attached hydrogens (tertiary/aromatic N) is 1. The highest BCUT2D eigenvalue weighted by Gasteiger charge is 2.60. The zero-order valence-corrected chi connectivity index (χ0v) is 20.0. The number of fused-ring (bicyclic) bond motifs is 4. The van der Waals surface area contributed by atoms with Crippen molar-refractivity contribution in [2.75, 3.05) is 19.7 Å². The maximum absolute atomic E-state index is 12.9. The van der Waals surface area contributed by atoms with Crippen molar-refractivity contribution in [3.05, 3.63) is 59.7 Å². The van der Waals surface area contributed by atoms with Crippen molar-refractivity contribution in [3.63, 3.8) is 0 Å². The van der Waals surface area contributed by atoms with Gasteiger partial charge in [-0.1, -0.05) is 68.3 Å². The van der Waals surface area contributed by atoms with Gasteiger partial charge in [-0.2, -0.15) is 0 Å². The molecule has 0 radical (unpaired) electrons. The summed E-state index contributed by atoms with van der Waals surface area (Å²) < 4.78 is 5.68. The number of hydrogen-bond donors (Lipinski definition) is 2. The first-order chi connectivity index (χ1) is 17.0. The van der Waals surface area contributed by atoms with Crippen LogP contribution in [0.4, 0.5) is 4.79 Å². The number of alkyl carbamates (subject to hydrolysis) is 1. The molecule has 1 heterocycles. The lowest BCUT2D eigenvalue weighted by molar-refractivity contribution is -0.141. The summed E-state index contributed by atoms with van der Waals surface area (Å²) in [6, 6.07) is 16.1. The Balaban J connectivity index is 1.17. The van der Waals surface area contributed by atoms with E-state index in [1.165, 1.54) is 11.1 Å². The predicted octanol–water partition coefficient (Wildman–Crippen LogP) is 4.26. The van der Waals surface area contributed by atoms with Gasteiger partial charge in [0.25, 0.3) is 0 Å². The summed E-state index contributed by atoms with van der Waals surface area (Å²) in [7, 11) is 0. The van der Waals surface area contributed by atoms with E-state index >= 15 is 0 Å². The van der Waals surface area contributed by atoms with Crippen LogP contribution in [0.2, 0.25) is 0 Å². The molecule has 1 saturated carbocycles. The molecule has 5 rings (SSSR count). The molecule has 7 heteroatoms. The first-order valence-electron chi connectivity index (χ1n) is 12.6. The predicted molar refractivity (Wildman–Crippen MR) is 131 cm³/mol. The molecule has 2 aliphatic carbocycles. The molecule has 0 aromatic heterocycles. The molecule has 2 N–H and O–H groups in total. The van der Waals surface area contributed by atoms with Crippen LogP contribution in [-0.4, -0.2) is 53.7 Å². The van der Waals surface area contributed by atoms with Gasteiger partial charge in [0, 0.05) is 31.5 Å². The highest BCUT2D eigenvalue weighted by atomic mass is 16.5. The van der Waals surface area contributed by atoms with Crippen molar-refractivity contribution < 1.29 is 24.2 Å². The number of amides is 2. The average Bonchev–Trinajstić information content (AvgIpc) is 3.20. The molecule has 2 aromatic rings. The van der Waals surface area contributed by atoms with E-state index in [4.69, 9.17) is 4.74 Å². The summed E-state index contributed by atoms with van der Waals surface area (Å²) in [6.07, 6.45) is 2.27. The van der Waals surface area contributed by atoms with Crippen LogP contribution >= 0.6 is 0 Å². The van der Waals surface area contributed by atoms with Crippen molar-refractivity contribution in [2.24, 2.45) is 17.8 Å². The molecule has 3 aliphatic rings. The lowest BCUT2D eigenvalue weighted by atomic mass is 9.98. The fourth-order valence-corrected chi connectivity index (χ4v) is 5.92. The van der Waals surface area contributed by atoms with Gasteiger partial charge in [-0.25, -0.2) is 4.79 Å². The molecule has 0 spiro atoms. The number of unbranched alkanes of at least 4 members (excludes halogenated alkanes) is 1. The van der Waals surface area contributed by atoms with Crippen LogP contribution in [0.1, 0.15) is 49.7 Å². The zero-order chi connectivity index (χ0) is 24.5. The highest BCUT2D eigenvalue weighted by molar-refractivity contribution is 5.81. The van der Waals surface area contributed by atoms with Crippen LogP contribution in [0.5, 0.6) is 0 Å². The van der Waals surface area contributed by atoms with Crippen LogP contribution in [0.25, 0.3) is 11.1 Å². The Bertz CT molecular complexity index is 1070. The fourth-order valence-electron chi connectivity index (χ4n) is 5.92. The van der Waals surface area contributed by atoms with Gasteiger partial charge >= 0.3 is 12.1 Å². The van der Waals surface area contributed by atoms with Gasteiger partial charge in [0.1, 0.15) is 6.61 Å². The van der Waals surface area contributed by atoms with E-state index in [9.17, 15) is 19.5 Å². The minimum absolute atomic E-state index is 0.0117. The number of carboxylic acids is 1. The van der Waals surface area contributed by atoms with Gasteiger partial charge in [-0.3, -0.25) is 9.59 Å². The van der Waals surface area contributed by atoms with E-state index in [0.29, 0.717) is 19.5 Å². The van der Waals surface area contributed by atoms with Crippen LogP contribution in [0, 0.1) is 17.8 Å². The summed E-state index contributed by atoms with van der Waals surface area (Å²) >= 11 is 0. The van der Waals surface area contributed by atoms with Crippen molar-refractivity contribution >= 4 is 18.0 Å². The Hall–Kier alpha value is -3.35. The van der Waals surface area contributed by atoms with Gasteiger partial charge in [-0.15, -0.1) is 0 Å². The van der Waals surface area contributed by atoms with E-state index in [-0.39, 0.29) is 48.6 Å². The number of rotatable bonds is 9. The third-order valence-electron chi connectivity index (χ3n) is 7.82. The molecule has 184 valence electrons. The van der Waals surface area contributed by atoms with E-state index in [1.807, 2.05) is 24.3 Å². The smallest absolute Gasteiger partial charge is 0.407 e. The molecule has 3 atom stereocenters. The number of ether oxygens (including phenoxy) is 1. The maximum atomic E-state index is 12.9. The monoisotopic (exact) mass is 476 g/mol. The minimum Gasteiger partial charge on any atom is -0.481 e. The minimum atomic E-state index is -0.759. The van der Waals surface area contributed by atoms with Crippen LogP contribution in [0.15, 0.2) is 48.5 Å². The van der Waals surface area contributed by atoms with Crippen LogP contribution in [0.3, 0.4) is 0 Å². The number of piperidine rings is 1. The normalized spacial score (nSPS) is 22.7. The maximum Gasteiger partial charge on any atom is 0.407 e. The number of carbonyl (C=O) groups excluding carboxylic acids is 2. The van der Waals surface area contributed by atoms with Crippen molar-refractivity contribution in [2.45, 2.75) is 44.6 Å². The first kappa shape index (κ1) is 23.4. The van der Waals surface area contributed by atoms with E-state index in [1.54, 1.807) is 4.90 Å². The Morgan fingerprint density at radius 3 is 2.20 bits per heavy atom. The third-order valence-corrected chi connectivity index (χ3v) is 7.82. The molecule has 35 heavy (non-hydrogen) atoms. The Kier molecular flexibility index (Phi) is 6.50. The molecule has 1 saturated heterocycles.